The monoisotopic (exact) mass is 241 g/mol. The van der Waals surface area contributed by atoms with Gasteiger partial charge in [0.05, 0.1) is 0 Å². The first kappa shape index (κ1) is 12.7. The van der Waals surface area contributed by atoms with E-state index in [-0.39, 0.29) is 18.1 Å². The maximum Gasteiger partial charge on any atom is 0.410 e. The molecule has 2 fully saturated rings. The third-order valence-electron chi connectivity index (χ3n) is 4.11. The number of rotatable bonds is 1. The normalized spacial score (nSPS) is 32.7. The second-order valence-electron chi connectivity index (χ2n) is 6.43. The molecular formula is C13H23NO3. The van der Waals surface area contributed by atoms with Crippen LogP contribution in [0, 0.1) is 11.3 Å². The van der Waals surface area contributed by atoms with Crippen LogP contribution in [0.5, 0.6) is 0 Å². The molecule has 2 aliphatic rings. The van der Waals surface area contributed by atoms with Crippen LogP contribution in [0.4, 0.5) is 4.79 Å². The Labute approximate surface area is 103 Å². The molecule has 1 saturated carbocycles. The van der Waals surface area contributed by atoms with Crippen molar-refractivity contribution in [2.75, 3.05) is 19.7 Å². The van der Waals surface area contributed by atoms with Gasteiger partial charge in [0, 0.05) is 19.7 Å². The smallest absolute Gasteiger partial charge is 0.410 e. The molecule has 17 heavy (non-hydrogen) atoms. The highest BCUT2D eigenvalue weighted by Crippen LogP contribution is 2.52. The van der Waals surface area contributed by atoms with Crippen molar-refractivity contribution in [2.45, 2.75) is 45.6 Å². The third-order valence-corrected chi connectivity index (χ3v) is 4.11. The Hall–Kier alpha value is -0.770. The Morgan fingerprint density at radius 3 is 2.65 bits per heavy atom. The first-order chi connectivity index (χ1) is 7.86. The quantitative estimate of drug-likeness (QED) is 0.764. The van der Waals surface area contributed by atoms with Crippen molar-refractivity contribution in [3.8, 4) is 0 Å². The predicted molar refractivity (Wildman–Crippen MR) is 64.7 cm³/mol. The van der Waals surface area contributed by atoms with E-state index in [0.717, 1.165) is 32.4 Å². The number of carbonyl (C=O) groups excluding carboxylic acids is 1. The lowest BCUT2D eigenvalue weighted by atomic mass is 9.60. The molecule has 1 N–H and O–H groups in total. The standard InChI is InChI=1S/C13H23NO3/c1-12(2,3)17-11(16)14-7-6-13(9-14)5-4-10(13)8-15/h10,15H,4-9H2,1-3H3. The molecule has 0 aromatic carbocycles. The Kier molecular flexibility index (Phi) is 3.10. The zero-order valence-corrected chi connectivity index (χ0v) is 11.0. The molecule has 2 rings (SSSR count). The molecule has 1 aliphatic carbocycles. The zero-order valence-electron chi connectivity index (χ0n) is 11.0. The summed E-state index contributed by atoms with van der Waals surface area (Å²) in [6.45, 7) is 7.44. The van der Waals surface area contributed by atoms with Gasteiger partial charge in [-0.2, -0.15) is 0 Å². The van der Waals surface area contributed by atoms with Gasteiger partial charge in [-0.25, -0.2) is 4.79 Å². The zero-order chi connectivity index (χ0) is 12.7. The molecule has 1 aliphatic heterocycles. The lowest BCUT2D eigenvalue weighted by Gasteiger charge is -2.46. The van der Waals surface area contributed by atoms with Crippen molar-refractivity contribution in [1.29, 1.82) is 0 Å². The molecule has 0 aromatic heterocycles. The highest BCUT2D eigenvalue weighted by atomic mass is 16.6. The fourth-order valence-corrected chi connectivity index (χ4v) is 2.96. The van der Waals surface area contributed by atoms with Gasteiger partial charge in [0.1, 0.15) is 5.60 Å². The average molecular weight is 241 g/mol. The van der Waals surface area contributed by atoms with Crippen LogP contribution in [0.25, 0.3) is 0 Å². The number of ether oxygens (including phenoxy) is 1. The third kappa shape index (κ3) is 2.41. The maximum absolute atomic E-state index is 11.9. The van der Waals surface area contributed by atoms with Gasteiger partial charge in [-0.05, 0) is 51.4 Å². The highest BCUT2D eigenvalue weighted by Gasteiger charge is 2.51. The van der Waals surface area contributed by atoms with E-state index in [1.807, 2.05) is 20.8 Å². The van der Waals surface area contributed by atoms with Crippen molar-refractivity contribution in [3.05, 3.63) is 0 Å². The summed E-state index contributed by atoms with van der Waals surface area (Å²) in [4.78, 5) is 13.7. The van der Waals surface area contributed by atoms with Gasteiger partial charge < -0.3 is 14.7 Å². The number of amides is 1. The van der Waals surface area contributed by atoms with Gasteiger partial charge in [0.2, 0.25) is 0 Å². The number of hydrogen-bond donors (Lipinski definition) is 1. The summed E-state index contributed by atoms with van der Waals surface area (Å²) < 4.78 is 5.38. The van der Waals surface area contributed by atoms with E-state index in [0.29, 0.717) is 5.92 Å². The van der Waals surface area contributed by atoms with Crippen LogP contribution in [-0.4, -0.2) is 41.4 Å². The number of carbonyl (C=O) groups is 1. The van der Waals surface area contributed by atoms with Crippen LogP contribution >= 0.6 is 0 Å². The minimum Gasteiger partial charge on any atom is -0.444 e. The molecule has 1 saturated heterocycles. The minimum atomic E-state index is -0.428. The van der Waals surface area contributed by atoms with Crippen LogP contribution in [0.1, 0.15) is 40.0 Å². The van der Waals surface area contributed by atoms with Crippen molar-refractivity contribution in [1.82, 2.24) is 4.90 Å². The predicted octanol–water partition coefficient (Wildman–Crippen LogP) is 2.02. The van der Waals surface area contributed by atoms with E-state index in [2.05, 4.69) is 0 Å². The summed E-state index contributed by atoms with van der Waals surface area (Å²) in [5.41, 5.74) is -0.242. The Balaban J connectivity index is 1.92. The first-order valence-electron chi connectivity index (χ1n) is 6.45. The first-order valence-corrected chi connectivity index (χ1v) is 6.45. The molecule has 1 heterocycles. The van der Waals surface area contributed by atoms with Gasteiger partial charge in [-0.3, -0.25) is 0 Å². The topological polar surface area (TPSA) is 49.8 Å². The summed E-state index contributed by atoms with van der Waals surface area (Å²) in [5.74, 6) is 0.384. The van der Waals surface area contributed by atoms with Crippen LogP contribution < -0.4 is 0 Å². The van der Waals surface area contributed by atoms with Gasteiger partial charge in [0.15, 0.2) is 0 Å². The van der Waals surface area contributed by atoms with Crippen LogP contribution in [0.3, 0.4) is 0 Å². The van der Waals surface area contributed by atoms with Crippen LogP contribution in [0.2, 0.25) is 0 Å². The van der Waals surface area contributed by atoms with Crippen molar-refractivity contribution in [2.24, 2.45) is 11.3 Å². The molecule has 4 heteroatoms. The van der Waals surface area contributed by atoms with Crippen LogP contribution in [0.15, 0.2) is 0 Å². The lowest BCUT2D eigenvalue weighted by molar-refractivity contribution is -0.0104. The van der Waals surface area contributed by atoms with Gasteiger partial charge in [-0.15, -0.1) is 0 Å². The van der Waals surface area contributed by atoms with Crippen molar-refractivity contribution >= 4 is 6.09 Å². The molecule has 1 spiro atoms. The number of likely N-dealkylation sites (tertiary alicyclic amines) is 1. The lowest BCUT2D eigenvalue weighted by Crippen LogP contribution is -2.45. The Morgan fingerprint density at radius 2 is 2.18 bits per heavy atom. The summed E-state index contributed by atoms with van der Waals surface area (Å²) in [5, 5.41) is 9.29. The number of nitrogens with zero attached hydrogens (tertiary/aromatic N) is 1. The molecular weight excluding hydrogens is 218 g/mol. The SMILES string of the molecule is CC(C)(C)OC(=O)N1CCC2(CCC2CO)C1. The second kappa shape index (κ2) is 4.16. The average Bonchev–Trinajstić information content (AvgIpc) is 2.60. The summed E-state index contributed by atoms with van der Waals surface area (Å²) >= 11 is 0. The van der Waals surface area contributed by atoms with Crippen molar-refractivity contribution < 1.29 is 14.6 Å². The fraction of sp³-hybridized carbons (Fsp3) is 0.923. The van der Waals surface area contributed by atoms with E-state index >= 15 is 0 Å². The largest absolute Gasteiger partial charge is 0.444 e. The van der Waals surface area contributed by atoms with E-state index in [9.17, 15) is 9.90 Å². The van der Waals surface area contributed by atoms with Gasteiger partial charge in [0.25, 0.3) is 0 Å². The molecule has 0 radical (unpaired) electrons. The van der Waals surface area contributed by atoms with Crippen LogP contribution in [-0.2, 0) is 4.74 Å². The minimum absolute atomic E-state index is 0.186. The molecule has 1 amide bonds. The molecule has 0 aromatic rings. The van der Waals surface area contributed by atoms with E-state index in [4.69, 9.17) is 4.74 Å². The number of aliphatic hydroxyl groups is 1. The molecule has 2 unspecified atom stereocenters. The summed E-state index contributed by atoms with van der Waals surface area (Å²) in [7, 11) is 0. The molecule has 2 atom stereocenters. The summed E-state index contributed by atoms with van der Waals surface area (Å²) in [6, 6.07) is 0. The van der Waals surface area contributed by atoms with E-state index in [1.54, 1.807) is 4.90 Å². The molecule has 4 nitrogen and oxygen atoms in total. The fourth-order valence-electron chi connectivity index (χ4n) is 2.96. The number of aliphatic hydroxyl groups excluding tert-OH is 1. The maximum atomic E-state index is 11.9. The second-order valence-corrected chi connectivity index (χ2v) is 6.43. The van der Waals surface area contributed by atoms with E-state index < -0.39 is 5.60 Å². The van der Waals surface area contributed by atoms with Gasteiger partial charge in [-0.1, -0.05) is 0 Å². The Bertz CT molecular complexity index is 308. The summed E-state index contributed by atoms with van der Waals surface area (Å²) in [6.07, 6.45) is 3.03. The molecule has 98 valence electrons. The van der Waals surface area contributed by atoms with Crippen molar-refractivity contribution in [3.63, 3.8) is 0 Å². The Morgan fingerprint density at radius 1 is 1.47 bits per heavy atom. The highest BCUT2D eigenvalue weighted by molar-refractivity contribution is 5.68. The van der Waals surface area contributed by atoms with Gasteiger partial charge >= 0.3 is 6.09 Å². The van der Waals surface area contributed by atoms with E-state index in [1.165, 1.54) is 0 Å². The molecule has 0 bridgehead atoms. The number of hydrogen-bond acceptors (Lipinski definition) is 3.